The Balaban J connectivity index is 1.11. The molecular formula is C47H27N3O2. The molecule has 3 heterocycles. The standard InChI is InChI=1S/C47H27N3O2/c1-2-11-28(12-3-1)45-48-46(31-22-24-41-39(26-31)35-17-8-9-19-40(35)51-41)50-47(49-45)37-18-10-20-42-44(37)36-23-21-30(27-43(36)52-42)38-25-29-13-4-5-14-32(29)33-15-6-7-16-34(33)38/h1-27H. The van der Waals surface area contributed by atoms with Crippen LogP contribution in [0.15, 0.2) is 173 Å². The van der Waals surface area contributed by atoms with E-state index in [0.29, 0.717) is 17.5 Å². The van der Waals surface area contributed by atoms with Gasteiger partial charge >= 0.3 is 0 Å². The summed E-state index contributed by atoms with van der Waals surface area (Å²) >= 11 is 0. The lowest BCUT2D eigenvalue weighted by atomic mass is 9.93. The van der Waals surface area contributed by atoms with Crippen molar-refractivity contribution in [2.24, 2.45) is 0 Å². The molecule has 0 aliphatic carbocycles. The normalized spacial score (nSPS) is 11.8. The third kappa shape index (κ3) is 4.46. The van der Waals surface area contributed by atoms with Gasteiger partial charge in [-0.3, -0.25) is 0 Å². The van der Waals surface area contributed by atoms with E-state index >= 15 is 0 Å². The lowest BCUT2D eigenvalue weighted by Gasteiger charge is -2.11. The molecule has 0 amide bonds. The molecule has 0 atom stereocenters. The quantitative estimate of drug-likeness (QED) is 0.175. The van der Waals surface area contributed by atoms with Gasteiger partial charge in [0.15, 0.2) is 17.5 Å². The van der Waals surface area contributed by atoms with Crippen LogP contribution in [-0.2, 0) is 0 Å². The highest BCUT2D eigenvalue weighted by Gasteiger charge is 2.19. The van der Waals surface area contributed by atoms with Gasteiger partial charge in [-0.25, -0.2) is 15.0 Å². The zero-order chi connectivity index (χ0) is 34.2. The van der Waals surface area contributed by atoms with Crippen LogP contribution >= 0.6 is 0 Å². The minimum absolute atomic E-state index is 0.582. The van der Waals surface area contributed by atoms with Gasteiger partial charge in [0.1, 0.15) is 22.3 Å². The minimum Gasteiger partial charge on any atom is -0.456 e. The Kier molecular flexibility index (Phi) is 6.18. The van der Waals surface area contributed by atoms with Crippen LogP contribution in [0.25, 0.3) is 111 Å². The average Bonchev–Trinajstić information content (AvgIpc) is 3.78. The molecule has 0 saturated heterocycles. The molecule has 0 aliphatic heterocycles. The van der Waals surface area contributed by atoms with Gasteiger partial charge in [-0.1, -0.05) is 115 Å². The van der Waals surface area contributed by atoms with Gasteiger partial charge in [0.25, 0.3) is 0 Å². The Morgan fingerprint density at radius 1 is 0.308 bits per heavy atom. The molecule has 0 unspecified atom stereocenters. The fourth-order valence-corrected chi connectivity index (χ4v) is 7.68. The van der Waals surface area contributed by atoms with Crippen LogP contribution in [0.4, 0.5) is 0 Å². The lowest BCUT2D eigenvalue weighted by Crippen LogP contribution is -2.00. The van der Waals surface area contributed by atoms with E-state index in [4.69, 9.17) is 23.8 Å². The van der Waals surface area contributed by atoms with Crippen LogP contribution in [0.3, 0.4) is 0 Å². The molecule has 0 bridgehead atoms. The number of nitrogens with zero attached hydrogens (tertiary/aromatic N) is 3. The maximum absolute atomic E-state index is 6.60. The summed E-state index contributed by atoms with van der Waals surface area (Å²) in [4.78, 5) is 15.2. The Morgan fingerprint density at radius 3 is 1.85 bits per heavy atom. The predicted octanol–water partition coefficient (Wildman–Crippen LogP) is 12.6. The van der Waals surface area contributed by atoms with E-state index in [9.17, 15) is 0 Å². The van der Waals surface area contributed by atoms with Crippen molar-refractivity contribution < 1.29 is 8.83 Å². The highest BCUT2D eigenvalue weighted by molar-refractivity contribution is 6.16. The van der Waals surface area contributed by atoms with E-state index in [0.717, 1.165) is 66.1 Å². The first-order valence-corrected chi connectivity index (χ1v) is 17.3. The number of fused-ring (bicyclic) bond motifs is 9. The topological polar surface area (TPSA) is 65.0 Å². The van der Waals surface area contributed by atoms with Crippen LogP contribution in [0.5, 0.6) is 0 Å². The van der Waals surface area contributed by atoms with Crippen molar-refractivity contribution in [1.82, 2.24) is 15.0 Å². The van der Waals surface area contributed by atoms with Gasteiger partial charge in [-0.2, -0.15) is 0 Å². The van der Waals surface area contributed by atoms with Gasteiger partial charge in [-0.15, -0.1) is 0 Å². The molecule has 0 saturated carbocycles. The number of rotatable bonds is 4. The largest absolute Gasteiger partial charge is 0.456 e. The Morgan fingerprint density at radius 2 is 0.962 bits per heavy atom. The first-order valence-electron chi connectivity index (χ1n) is 17.3. The monoisotopic (exact) mass is 665 g/mol. The zero-order valence-electron chi connectivity index (χ0n) is 27.7. The first kappa shape index (κ1) is 28.7. The molecule has 5 nitrogen and oxygen atoms in total. The van der Waals surface area contributed by atoms with E-state index in [1.165, 1.54) is 27.1 Å². The fraction of sp³-hybridized carbons (Fsp3) is 0. The van der Waals surface area contributed by atoms with Crippen molar-refractivity contribution in [2.75, 3.05) is 0 Å². The molecule has 0 spiro atoms. The number of furan rings is 2. The third-order valence-corrected chi connectivity index (χ3v) is 10.1. The summed E-state index contributed by atoms with van der Waals surface area (Å²) in [6.07, 6.45) is 0. The Labute approximate surface area is 297 Å². The van der Waals surface area contributed by atoms with Gasteiger partial charge in [-0.05, 0) is 81.2 Å². The van der Waals surface area contributed by atoms with E-state index in [1.807, 2.05) is 72.8 Å². The number of hydrogen-bond acceptors (Lipinski definition) is 5. The molecule has 5 heteroatoms. The van der Waals surface area contributed by atoms with Crippen LogP contribution in [-0.4, -0.2) is 15.0 Å². The molecule has 242 valence electrons. The number of para-hydroxylation sites is 1. The van der Waals surface area contributed by atoms with E-state index < -0.39 is 0 Å². The van der Waals surface area contributed by atoms with Gasteiger partial charge in [0.05, 0.1) is 0 Å². The molecule has 0 aliphatic rings. The fourth-order valence-electron chi connectivity index (χ4n) is 7.68. The summed E-state index contributed by atoms with van der Waals surface area (Å²) < 4.78 is 12.7. The van der Waals surface area contributed by atoms with Crippen molar-refractivity contribution in [1.29, 1.82) is 0 Å². The van der Waals surface area contributed by atoms with Crippen molar-refractivity contribution in [2.45, 2.75) is 0 Å². The molecule has 8 aromatic carbocycles. The summed E-state index contributed by atoms with van der Waals surface area (Å²) in [5.41, 5.74) is 8.24. The summed E-state index contributed by atoms with van der Waals surface area (Å²) in [6, 6.07) is 56.4. The maximum atomic E-state index is 6.60. The SMILES string of the molecule is c1ccc(-c2nc(-c3ccc4oc5ccccc5c4c3)nc(-c3cccc4oc5cc(-c6cc7ccccc7c7ccccc67)ccc5c34)n2)cc1. The van der Waals surface area contributed by atoms with E-state index in [1.54, 1.807) is 0 Å². The number of hydrogen-bond donors (Lipinski definition) is 0. The average molecular weight is 666 g/mol. The summed E-state index contributed by atoms with van der Waals surface area (Å²) in [6.45, 7) is 0. The van der Waals surface area contributed by atoms with Gasteiger partial charge in [0.2, 0.25) is 0 Å². The zero-order valence-corrected chi connectivity index (χ0v) is 27.7. The first-order chi connectivity index (χ1) is 25.7. The smallest absolute Gasteiger partial charge is 0.164 e. The van der Waals surface area contributed by atoms with Crippen molar-refractivity contribution in [3.8, 4) is 45.3 Å². The number of aromatic nitrogens is 3. The van der Waals surface area contributed by atoms with Gasteiger partial charge in [0, 0.05) is 38.2 Å². The summed E-state index contributed by atoms with van der Waals surface area (Å²) in [5.74, 6) is 1.78. The predicted molar refractivity (Wildman–Crippen MR) is 211 cm³/mol. The lowest BCUT2D eigenvalue weighted by molar-refractivity contribution is 0.668. The maximum Gasteiger partial charge on any atom is 0.164 e. The van der Waals surface area contributed by atoms with Crippen LogP contribution in [0.2, 0.25) is 0 Å². The van der Waals surface area contributed by atoms with Crippen LogP contribution in [0.1, 0.15) is 0 Å². The highest BCUT2D eigenvalue weighted by Crippen LogP contribution is 2.41. The van der Waals surface area contributed by atoms with Crippen LogP contribution < -0.4 is 0 Å². The van der Waals surface area contributed by atoms with E-state index in [2.05, 4.69) is 91.0 Å². The van der Waals surface area contributed by atoms with Crippen LogP contribution in [0, 0.1) is 0 Å². The van der Waals surface area contributed by atoms with Crippen molar-refractivity contribution in [3.63, 3.8) is 0 Å². The molecule has 52 heavy (non-hydrogen) atoms. The molecule has 0 radical (unpaired) electrons. The molecular weight excluding hydrogens is 639 g/mol. The van der Waals surface area contributed by atoms with Crippen molar-refractivity contribution >= 4 is 65.4 Å². The molecule has 0 fully saturated rings. The second-order valence-corrected chi connectivity index (χ2v) is 13.2. The Bertz CT molecular complexity index is 3190. The van der Waals surface area contributed by atoms with E-state index in [-0.39, 0.29) is 0 Å². The number of benzene rings is 8. The third-order valence-electron chi connectivity index (χ3n) is 10.1. The summed E-state index contributed by atoms with van der Waals surface area (Å²) in [5, 5.41) is 8.97. The van der Waals surface area contributed by atoms with Gasteiger partial charge < -0.3 is 8.83 Å². The molecule has 11 rings (SSSR count). The molecule has 3 aromatic heterocycles. The Hall–Kier alpha value is -7.11. The molecule has 11 aromatic rings. The highest BCUT2D eigenvalue weighted by atomic mass is 16.3. The van der Waals surface area contributed by atoms with Crippen molar-refractivity contribution in [3.05, 3.63) is 164 Å². The second kappa shape index (κ2) is 11.2. The molecule has 0 N–H and O–H groups in total. The summed E-state index contributed by atoms with van der Waals surface area (Å²) in [7, 11) is 0. The minimum atomic E-state index is 0.582. The second-order valence-electron chi connectivity index (χ2n) is 13.2.